The third-order valence-corrected chi connectivity index (χ3v) is 5.16. The van der Waals surface area contributed by atoms with Crippen LogP contribution >= 0.6 is 0 Å². The highest BCUT2D eigenvalue weighted by Crippen LogP contribution is 2.36. The Balaban J connectivity index is 1.45. The zero-order valence-electron chi connectivity index (χ0n) is 13.5. The predicted molar refractivity (Wildman–Crippen MR) is 85.7 cm³/mol. The number of hydrogen-bond acceptors (Lipinski definition) is 5. The van der Waals surface area contributed by atoms with Crippen molar-refractivity contribution in [2.24, 2.45) is 5.92 Å². The summed E-state index contributed by atoms with van der Waals surface area (Å²) in [6.07, 6.45) is 8.32. The van der Waals surface area contributed by atoms with Crippen LogP contribution in [0, 0.1) is 12.8 Å². The second-order valence-electron chi connectivity index (χ2n) is 6.63. The Morgan fingerprint density at radius 1 is 1.30 bits per heavy atom. The van der Waals surface area contributed by atoms with E-state index in [-0.39, 0.29) is 0 Å². The van der Waals surface area contributed by atoms with E-state index in [1.165, 1.54) is 18.4 Å². The Labute approximate surface area is 136 Å². The van der Waals surface area contributed by atoms with Crippen LogP contribution in [0.1, 0.15) is 24.1 Å². The summed E-state index contributed by atoms with van der Waals surface area (Å²) in [7, 11) is 0. The van der Waals surface area contributed by atoms with Gasteiger partial charge in [-0.25, -0.2) is 4.68 Å². The molecule has 1 saturated heterocycles. The van der Waals surface area contributed by atoms with E-state index in [9.17, 15) is 0 Å². The number of hydrogen-bond donors (Lipinski definition) is 0. The molecule has 6 nitrogen and oxygen atoms in total. The van der Waals surface area contributed by atoms with E-state index >= 15 is 0 Å². The van der Waals surface area contributed by atoms with Gasteiger partial charge in [-0.3, -0.25) is 9.88 Å². The molecule has 2 fully saturated rings. The summed E-state index contributed by atoms with van der Waals surface area (Å²) < 4.78 is 8.16. The Kier molecular flexibility index (Phi) is 4.10. The average molecular weight is 313 g/mol. The molecule has 0 spiro atoms. The van der Waals surface area contributed by atoms with E-state index in [0.717, 1.165) is 31.9 Å². The van der Waals surface area contributed by atoms with Crippen molar-refractivity contribution >= 4 is 0 Å². The Morgan fingerprint density at radius 2 is 2.26 bits per heavy atom. The summed E-state index contributed by atoms with van der Waals surface area (Å²) in [5, 5.41) is 8.19. The van der Waals surface area contributed by atoms with Gasteiger partial charge in [-0.2, -0.15) is 0 Å². The fourth-order valence-corrected chi connectivity index (χ4v) is 3.97. The van der Waals surface area contributed by atoms with Crippen LogP contribution in [-0.2, 0) is 17.8 Å². The van der Waals surface area contributed by atoms with Crippen LogP contribution in [0.4, 0.5) is 0 Å². The molecule has 0 bridgehead atoms. The molecular weight excluding hydrogens is 290 g/mol. The normalized spacial score (nSPS) is 28.0. The monoisotopic (exact) mass is 313 g/mol. The molecule has 6 heteroatoms. The number of nitrogens with zero attached hydrogens (tertiary/aromatic N) is 5. The van der Waals surface area contributed by atoms with Crippen molar-refractivity contribution in [3.63, 3.8) is 0 Å². The fraction of sp³-hybridized carbons (Fsp3) is 0.588. The van der Waals surface area contributed by atoms with Gasteiger partial charge in [-0.05, 0) is 31.4 Å². The molecule has 0 radical (unpaired) electrons. The lowest BCUT2D eigenvalue weighted by molar-refractivity contribution is -0.0791. The highest BCUT2D eigenvalue weighted by molar-refractivity contribution is 5.09. The van der Waals surface area contributed by atoms with Gasteiger partial charge in [-0.15, -0.1) is 5.10 Å². The quantitative estimate of drug-likeness (QED) is 0.859. The average Bonchev–Trinajstić information content (AvgIpc) is 3.17. The first-order chi connectivity index (χ1) is 11.3. The van der Waals surface area contributed by atoms with E-state index in [2.05, 4.69) is 33.2 Å². The van der Waals surface area contributed by atoms with Crippen LogP contribution in [0.25, 0.3) is 0 Å². The van der Waals surface area contributed by atoms with Gasteiger partial charge in [0.2, 0.25) is 0 Å². The van der Waals surface area contributed by atoms with Crippen LogP contribution in [0.15, 0.2) is 30.7 Å². The third-order valence-electron chi connectivity index (χ3n) is 5.16. The fourth-order valence-electron chi connectivity index (χ4n) is 3.97. The highest BCUT2D eigenvalue weighted by atomic mass is 16.5. The number of pyridine rings is 1. The van der Waals surface area contributed by atoms with Crippen molar-refractivity contribution in [1.82, 2.24) is 24.9 Å². The van der Waals surface area contributed by atoms with Gasteiger partial charge in [0.1, 0.15) is 0 Å². The van der Waals surface area contributed by atoms with E-state index in [4.69, 9.17) is 4.74 Å². The van der Waals surface area contributed by atoms with E-state index < -0.39 is 0 Å². The SMILES string of the molecule is Cc1cnnn1CC1CCC2C1OCCN2Cc1cccnc1. The number of fused-ring (bicyclic) bond motifs is 1. The van der Waals surface area contributed by atoms with Crippen molar-refractivity contribution in [2.75, 3.05) is 13.2 Å². The second kappa shape index (κ2) is 6.37. The van der Waals surface area contributed by atoms with Crippen molar-refractivity contribution < 1.29 is 4.74 Å². The Bertz CT molecular complexity index is 643. The summed E-state index contributed by atoms with van der Waals surface area (Å²) in [6, 6.07) is 4.68. The molecule has 3 atom stereocenters. The molecular formula is C17H23N5O. The zero-order chi connectivity index (χ0) is 15.6. The molecule has 2 aliphatic rings. The van der Waals surface area contributed by atoms with Gasteiger partial charge in [0.05, 0.1) is 24.6 Å². The van der Waals surface area contributed by atoms with Gasteiger partial charge in [0.15, 0.2) is 0 Å². The van der Waals surface area contributed by atoms with Crippen molar-refractivity contribution in [3.8, 4) is 0 Å². The summed E-state index contributed by atoms with van der Waals surface area (Å²) in [5.74, 6) is 0.525. The van der Waals surface area contributed by atoms with Crippen LogP contribution in [0.3, 0.4) is 0 Å². The summed E-state index contributed by atoms with van der Waals surface area (Å²) in [5.41, 5.74) is 2.40. The lowest BCUT2D eigenvalue weighted by Crippen LogP contribution is -2.50. The zero-order valence-corrected chi connectivity index (χ0v) is 13.5. The highest BCUT2D eigenvalue weighted by Gasteiger charge is 2.42. The molecule has 0 N–H and O–H groups in total. The third kappa shape index (κ3) is 3.01. The smallest absolute Gasteiger partial charge is 0.0776 e. The van der Waals surface area contributed by atoms with E-state index in [0.29, 0.717) is 18.1 Å². The van der Waals surface area contributed by atoms with Crippen molar-refractivity contribution in [2.45, 2.75) is 45.0 Å². The minimum Gasteiger partial charge on any atom is -0.375 e. The molecule has 0 aromatic carbocycles. The lowest BCUT2D eigenvalue weighted by atomic mass is 10.0. The number of aromatic nitrogens is 4. The minimum atomic E-state index is 0.309. The Hall–Kier alpha value is -1.79. The van der Waals surface area contributed by atoms with Gasteiger partial charge in [-0.1, -0.05) is 11.3 Å². The standard InChI is InChI=1S/C17H23N5O/c1-13-9-19-20-22(13)12-15-4-5-16-17(15)23-8-7-21(16)11-14-3-2-6-18-10-14/h2-3,6,9-10,15-17H,4-5,7-8,11-12H2,1H3. The van der Waals surface area contributed by atoms with Gasteiger partial charge in [0.25, 0.3) is 0 Å². The topological polar surface area (TPSA) is 56.1 Å². The molecule has 122 valence electrons. The van der Waals surface area contributed by atoms with Crippen molar-refractivity contribution in [1.29, 1.82) is 0 Å². The molecule has 4 rings (SSSR count). The summed E-state index contributed by atoms with van der Waals surface area (Å²) >= 11 is 0. The van der Waals surface area contributed by atoms with Crippen LogP contribution in [0.5, 0.6) is 0 Å². The van der Waals surface area contributed by atoms with E-state index in [1.807, 2.05) is 29.3 Å². The lowest BCUT2D eigenvalue weighted by Gasteiger charge is -2.39. The summed E-state index contributed by atoms with van der Waals surface area (Å²) in [4.78, 5) is 6.80. The molecule has 3 heterocycles. The predicted octanol–water partition coefficient (Wildman–Crippen LogP) is 1.66. The Morgan fingerprint density at radius 3 is 3.04 bits per heavy atom. The molecule has 2 aromatic rings. The minimum absolute atomic E-state index is 0.309. The number of rotatable bonds is 4. The number of morpholine rings is 1. The summed E-state index contributed by atoms with van der Waals surface area (Å²) in [6.45, 7) is 5.75. The maximum Gasteiger partial charge on any atom is 0.0776 e. The van der Waals surface area contributed by atoms with E-state index in [1.54, 1.807) is 0 Å². The molecule has 1 aliphatic heterocycles. The van der Waals surface area contributed by atoms with Gasteiger partial charge >= 0.3 is 0 Å². The largest absolute Gasteiger partial charge is 0.375 e. The first kappa shape index (κ1) is 14.8. The molecule has 1 aliphatic carbocycles. The maximum absolute atomic E-state index is 6.15. The number of aryl methyl sites for hydroxylation is 1. The van der Waals surface area contributed by atoms with Crippen molar-refractivity contribution in [3.05, 3.63) is 42.0 Å². The maximum atomic E-state index is 6.15. The molecule has 2 aromatic heterocycles. The molecule has 23 heavy (non-hydrogen) atoms. The van der Waals surface area contributed by atoms with Crippen LogP contribution in [0.2, 0.25) is 0 Å². The first-order valence-electron chi connectivity index (χ1n) is 8.41. The van der Waals surface area contributed by atoms with Crippen LogP contribution < -0.4 is 0 Å². The number of ether oxygens (including phenoxy) is 1. The van der Waals surface area contributed by atoms with Crippen LogP contribution in [-0.4, -0.2) is 50.2 Å². The first-order valence-corrected chi connectivity index (χ1v) is 8.41. The molecule has 3 unspecified atom stereocenters. The molecule has 1 saturated carbocycles. The van der Waals surface area contributed by atoms with Gasteiger partial charge in [0, 0.05) is 44.0 Å². The van der Waals surface area contributed by atoms with Gasteiger partial charge < -0.3 is 4.74 Å². The second-order valence-corrected chi connectivity index (χ2v) is 6.63. The molecule has 0 amide bonds.